The van der Waals surface area contributed by atoms with E-state index in [1.807, 2.05) is 0 Å². The normalized spacial score (nSPS) is 12.3. The minimum Gasteiger partial charge on any atom is -0.462 e. The Morgan fingerprint density at radius 1 is 0.256 bits per heavy atom. The van der Waals surface area contributed by atoms with Crippen LogP contribution in [0, 0.1) is 0 Å². The fraction of sp³-hybridized carbons (Fsp3) is 0.847. The van der Waals surface area contributed by atoms with Gasteiger partial charge >= 0.3 is 17.9 Å². The van der Waals surface area contributed by atoms with E-state index in [2.05, 4.69) is 69.4 Å². The number of esters is 3. The Labute approximate surface area is 486 Å². The second kappa shape index (κ2) is 66.9. The zero-order valence-electron chi connectivity index (χ0n) is 52.5. The van der Waals surface area contributed by atoms with Crippen molar-refractivity contribution in [1.29, 1.82) is 0 Å². The van der Waals surface area contributed by atoms with Crippen LogP contribution in [-0.4, -0.2) is 37.2 Å². The Morgan fingerprint density at radius 2 is 0.462 bits per heavy atom. The lowest BCUT2D eigenvalue weighted by Crippen LogP contribution is -2.30. The van der Waals surface area contributed by atoms with Crippen molar-refractivity contribution >= 4 is 17.9 Å². The van der Waals surface area contributed by atoms with Crippen LogP contribution < -0.4 is 0 Å². The quantitative estimate of drug-likeness (QED) is 0.0261. The number of carbonyl (C=O) groups is 3. The van der Waals surface area contributed by atoms with Crippen molar-refractivity contribution in [3.05, 3.63) is 48.6 Å². The van der Waals surface area contributed by atoms with E-state index in [1.54, 1.807) is 0 Å². The summed E-state index contributed by atoms with van der Waals surface area (Å²) >= 11 is 0. The Kier molecular flexibility index (Phi) is 64.6. The lowest BCUT2D eigenvalue weighted by molar-refractivity contribution is -0.167. The Bertz CT molecular complexity index is 1350. The molecule has 0 rings (SSSR count). The van der Waals surface area contributed by atoms with E-state index < -0.39 is 6.10 Å². The van der Waals surface area contributed by atoms with E-state index in [-0.39, 0.29) is 31.1 Å². The molecular formula is C72H132O6. The maximum absolute atomic E-state index is 12.9. The van der Waals surface area contributed by atoms with Gasteiger partial charge in [0.1, 0.15) is 13.2 Å². The van der Waals surface area contributed by atoms with Gasteiger partial charge in [-0.25, -0.2) is 0 Å². The first kappa shape index (κ1) is 75.4. The number of allylic oxidation sites excluding steroid dienone is 8. The molecule has 0 heterocycles. The van der Waals surface area contributed by atoms with E-state index in [0.717, 1.165) is 70.6 Å². The molecule has 0 aliphatic rings. The molecule has 0 aliphatic heterocycles. The van der Waals surface area contributed by atoms with Crippen molar-refractivity contribution in [3.8, 4) is 0 Å². The van der Waals surface area contributed by atoms with E-state index in [1.165, 1.54) is 263 Å². The number of hydrogen-bond acceptors (Lipinski definition) is 6. The first-order valence-corrected chi connectivity index (χ1v) is 34.6. The molecule has 0 aromatic heterocycles. The van der Waals surface area contributed by atoms with E-state index in [0.29, 0.717) is 19.3 Å². The molecule has 0 radical (unpaired) electrons. The summed E-state index contributed by atoms with van der Waals surface area (Å²) in [6.07, 6.45) is 84.2. The summed E-state index contributed by atoms with van der Waals surface area (Å²) in [5, 5.41) is 0. The molecule has 456 valence electrons. The highest BCUT2D eigenvalue weighted by Gasteiger charge is 2.19. The molecule has 0 N–H and O–H groups in total. The molecular weight excluding hydrogens is 961 g/mol. The second-order valence-corrected chi connectivity index (χ2v) is 23.4. The summed E-state index contributed by atoms with van der Waals surface area (Å²) in [5.41, 5.74) is 0. The highest BCUT2D eigenvalue weighted by Crippen LogP contribution is 2.18. The fourth-order valence-electron chi connectivity index (χ4n) is 10.3. The number of carbonyl (C=O) groups excluding carboxylic acids is 3. The maximum Gasteiger partial charge on any atom is 0.306 e. The van der Waals surface area contributed by atoms with E-state index in [9.17, 15) is 14.4 Å². The average molecular weight is 1090 g/mol. The fourth-order valence-corrected chi connectivity index (χ4v) is 10.3. The minimum atomic E-state index is -0.773. The third-order valence-electron chi connectivity index (χ3n) is 15.6. The summed E-state index contributed by atoms with van der Waals surface area (Å²) in [6.45, 7) is 6.67. The van der Waals surface area contributed by atoms with Crippen molar-refractivity contribution in [2.45, 2.75) is 380 Å². The summed E-state index contributed by atoms with van der Waals surface area (Å²) in [7, 11) is 0. The predicted molar refractivity (Wildman–Crippen MR) is 339 cm³/mol. The third kappa shape index (κ3) is 64.2. The summed E-state index contributed by atoms with van der Waals surface area (Å²) in [6, 6.07) is 0. The van der Waals surface area contributed by atoms with Crippen LogP contribution in [0.2, 0.25) is 0 Å². The van der Waals surface area contributed by atoms with Crippen LogP contribution in [0.25, 0.3) is 0 Å². The zero-order valence-corrected chi connectivity index (χ0v) is 52.5. The molecule has 6 nitrogen and oxygen atoms in total. The summed E-state index contributed by atoms with van der Waals surface area (Å²) in [4.78, 5) is 38.4. The van der Waals surface area contributed by atoms with Crippen molar-refractivity contribution in [2.75, 3.05) is 13.2 Å². The molecule has 0 bridgehead atoms. The Balaban J connectivity index is 4.24. The molecule has 0 saturated heterocycles. The van der Waals surface area contributed by atoms with Gasteiger partial charge in [-0.1, -0.05) is 320 Å². The molecule has 0 aliphatic carbocycles. The van der Waals surface area contributed by atoms with Gasteiger partial charge in [0.2, 0.25) is 0 Å². The molecule has 0 saturated carbocycles. The minimum absolute atomic E-state index is 0.0694. The molecule has 0 amide bonds. The van der Waals surface area contributed by atoms with Crippen LogP contribution in [0.5, 0.6) is 0 Å². The third-order valence-corrected chi connectivity index (χ3v) is 15.6. The first-order chi connectivity index (χ1) is 38.5. The van der Waals surface area contributed by atoms with Crippen molar-refractivity contribution in [1.82, 2.24) is 0 Å². The SMILES string of the molecule is CCCCCCC/C=C\C/C=C\CCCCCCCCCCCCCCCC(=O)OCC(COC(=O)CCCCCCCCCCCCCC)OC(=O)CCCCCCCCCCCCC/C=C\C/C=C\CCCCCCC. The molecule has 78 heavy (non-hydrogen) atoms. The van der Waals surface area contributed by atoms with Gasteiger partial charge in [-0.05, 0) is 83.5 Å². The average Bonchev–Trinajstić information content (AvgIpc) is 3.44. The largest absolute Gasteiger partial charge is 0.462 e. The van der Waals surface area contributed by atoms with Crippen LogP contribution in [-0.2, 0) is 28.6 Å². The van der Waals surface area contributed by atoms with Gasteiger partial charge in [0.05, 0.1) is 0 Å². The zero-order chi connectivity index (χ0) is 56.4. The summed E-state index contributed by atoms with van der Waals surface area (Å²) < 4.78 is 17.0. The number of unbranched alkanes of at least 4 members (excludes halogenated alkanes) is 45. The number of hydrogen-bond donors (Lipinski definition) is 0. The number of rotatable bonds is 64. The van der Waals surface area contributed by atoms with Crippen LogP contribution >= 0.6 is 0 Å². The second-order valence-electron chi connectivity index (χ2n) is 23.4. The predicted octanol–water partition coefficient (Wildman–Crippen LogP) is 23.7. The van der Waals surface area contributed by atoms with Gasteiger partial charge in [-0.15, -0.1) is 0 Å². The van der Waals surface area contributed by atoms with Crippen LogP contribution in [0.15, 0.2) is 48.6 Å². The van der Waals surface area contributed by atoms with Crippen molar-refractivity contribution in [2.24, 2.45) is 0 Å². The van der Waals surface area contributed by atoms with Crippen LogP contribution in [0.3, 0.4) is 0 Å². The molecule has 1 unspecified atom stereocenters. The van der Waals surface area contributed by atoms with Gasteiger partial charge in [0.15, 0.2) is 6.10 Å². The van der Waals surface area contributed by atoms with Gasteiger partial charge in [-0.2, -0.15) is 0 Å². The summed E-state index contributed by atoms with van der Waals surface area (Å²) in [5.74, 6) is -0.848. The monoisotopic (exact) mass is 1090 g/mol. The van der Waals surface area contributed by atoms with E-state index >= 15 is 0 Å². The molecule has 0 aromatic carbocycles. The Hall–Kier alpha value is -2.63. The van der Waals surface area contributed by atoms with Crippen LogP contribution in [0.1, 0.15) is 374 Å². The van der Waals surface area contributed by atoms with Gasteiger partial charge < -0.3 is 14.2 Å². The van der Waals surface area contributed by atoms with Crippen molar-refractivity contribution in [3.63, 3.8) is 0 Å². The van der Waals surface area contributed by atoms with Gasteiger partial charge in [-0.3, -0.25) is 14.4 Å². The van der Waals surface area contributed by atoms with Crippen molar-refractivity contribution < 1.29 is 28.6 Å². The maximum atomic E-state index is 12.9. The highest BCUT2D eigenvalue weighted by molar-refractivity contribution is 5.71. The lowest BCUT2D eigenvalue weighted by atomic mass is 10.0. The molecule has 6 heteroatoms. The highest BCUT2D eigenvalue weighted by atomic mass is 16.6. The smallest absolute Gasteiger partial charge is 0.306 e. The van der Waals surface area contributed by atoms with Gasteiger partial charge in [0.25, 0.3) is 0 Å². The van der Waals surface area contributed by atoms with Crippen LogP contribution in [0.4, 0.5) is 0 Å². The number of ether oxygens (including phenoxy) is 3. The molecule has 0 aromatic rings. The molecule has 1 atom stereocenters. The van der Waals surface area contributed by atoms with E-state index in [4.69, 9.17) is 14.2 Å². The van der Waals surface area contributed by atoms with Gasteiger partial charge in [0, 0.05) is 19.3 Å². The lowest BCUT2D eigenvalue weighted by Gasteiger charge is -2.18. The standard InChI is InChI=1S/C72H132O6/c1-4-7-10-13-16-19-22-25-27-29-31-33-35-36-38-39-41-43-45-47-50-53-56-59-62-65-71(74)77-68-69(67-76-70(73)64-61-58-55-52-49-24-21-18-15-12-9-6-3)78-72(75)66-63-60-57-54-51-48-46-44-42-40-37-34-32-30-28-26-23-20-17-14-11-8-5-2/h22-23,25-26,29-32,69H,4-21,24,27-28,33-68H2,1-3H3/b25-22-,26-23-,31-29-,32-30-. The topological polar surface area (TPSA) is 78.9 Å². The molecule has 0 fully saturated rings. The Morgan fingerprint density at radius 3 is 0.705 bits per heavy atom. The molecule has 0 spiro atoms. The first-order valence-electron chi connectivity index (χ1n) is 34.6.